The third-order valence-electron chi connectivity index (χ3n) is 2.48. The summed E-state index contributed by atoms with van der Waals surface area (Å²) in [5.74, 6) is 0.245. The fourth-order valence-corrected chi connectivity index (χ4v) is 3.62. The first-order valence-electron chi connectivity index (χ1n) is 5.58. The Morgan fingerprint density at radius 3 is 2.06 bits per heavy atom. The molecule has 0 saturated carbocycles. The zero-order valence-corrected chi connectivity index (χ0v) is 11.4. The van der Waals surface area contributed by atoms with Gasteiger partial charge in [0.05, 0.1) is 0 Å². The van der Waals surface area contributed by atoms with Crippen LogP contribution in [0.1, 0.15) is 17.3 Å². The average molecular weight is 289 g/mol. The Balaban J connectivity index is 2.06. The van der Waals surface area contributed by atoms with E-state index in [4.69, 9.17) is 0 Å². The van der Waals surface area contributed by atoms with Crippen LogP contribution in [0.25, 0.3) is 0 Å². The molecule has 0 aliphatic heterocycles. The number of hydrogen-bond donors (Lipinski definition) is 0. The van der Waals surface area contributed by atoms with Crippen molar-refractivity contribution in [1.29, 1.82) is 0 Å². The maximum absolute atomic E-state index is 12.2. The fraction of sp³-hybridized carbons (Fsp3) is 0.133. The van der Waals surface area contributed by atoms with Crippen LogP contribution in [-0.2, 0) is 0 Å². The summed E-state index contributed by atoms with van der Waals surface area (Å²) in [4.78, 5) is 12.3. The van der Waals surface area contributed by atoms with Gasteiger partial charge in [0.1, 0.15) is 0 Å². The first-order chi connectivity index (χ1) is 8.27. The number of ketones is 1. The van der Waals surface area contributed by atoms with E-state index in [2.05, 4.69) is 12.1 Å². The van der Waals surface area contributed by atoms with Gasteiger partial charge in [-0.1, -0.05) is 0 Å². The molecule has 0 radical (unpaired) electrons. The van der Waals surface area contributed by atoms with E-state index in [0.29, 0.717) is 0 Å². The molecule has 2 aromatic carbocycles. The van der Waals surface area contributed by atoms with E-state index >= 15 is 0 Å². The Hall–Kier alpha value is -1.37. The molecule has 17 heavy (non-hydrogen) atoms. The molecule has 0 N–H and O–H groups in total. The van der Waals surface area contributed by atoms with Crippen LogP contribution in [0.3, 0.4) is 0 Å². The van der Waals surface area contributed by atoms with Crippen LogP contribution in [0.2, 0.25) is 4.82 Å². The molecule has 2 rings (SSSR count). The molecule has 0 bridgehead atoms. The standard InChI is InChI=1S/C15H14OSe/c1-12(17-14-10-6-3-7-11-14)15(16)13-8-4-2-5-9-13/h2-12H,1H3. The van der Waals surface area contributed by atoms with E-state index in [-0.39, 0.29) is 25.6 Å². The minimum atomic E-state index is 0.0901. The van der Waals surface area contributed by atoms with Crippen LogP contribution in [0, 0.1) is 0 Å². The van der Waals surface area contributed by atoms with E-state index < -0.39 is 0 Å². The zero-order chi connectivity index (χ0) is 12.1. The summed E-state index contributed by atoms with van der Waals surface area (Å²) < 4.78 is 1.27. The van der Waals surface area contributed by atoms with E-state index in [1.807, 2.05) is 55.5 Å². The van der Waals surface area contributed by atoms with E-state index in [0.717, 1.165) is 5.56 Å². The van der Waals surface area contributed by atoms with E-state index in [1.165, 1.54) is 4.46 Å². The summed E-state index contributed by atoms with van der Waals surface area (Å²) in [6.45, 7) is 2.02. The van der Waals surface area contributed by atoms with Gasteiger partial charge < -0.3 is 0 Å². The Bertz CT molecular complexity index is 479. The molecule has 2 aromatic rings. The van der Waals surface area contributed by atoms with Gasteiger partial charge in [-0.25, -0.2) is 0 Å². The zero-order valence-electron chi connectivity index (χ0n) is 9.67. The van der Waals surface area contributed by atoms with Crippen molar-refractivity contribution >= 4 is 25.2 Å². The molecule has 0 saturated heterocycles. The normalized spacial score (nSPS) is 12.1. The molecule has 0 aliphatic rings. The van der Waals surface area contributed by atoms with Gasteiger partial charge in [-0.15, -0.1) is 0 Å². The van der Waals surface area contributed by atoms with Crippen molar-refractivity contribution in [1.82, 2.24) is 0 Å². The molecule has 0 fully saturated rings. The van der Waals surface area contributed by atoms with Gasteiger partial charge >= 0.3 is 108 Å². The van der Waals surface area contributed by atoms with Crippen molar-refractivity contribution in [2.45, 2.75) is 11.7 Å². The second-order valence-electron chi connectivity index (χ2n) is 3.80. The molecule has 0 amide bonds. The monoisotopic (exact) mass is 290 g/mol. The van der Waals surface area contributed by atoms with Crippen molar-refractivity contribution in [2.75, 3.05) is 0 Å². The molecule has 1 atom stereocenters. The van der Waals surface area contributed by atoms with Gasteiger partial charge in [-0.3, -0.25) is 0 Å². The van der Waals surface area contributed by atoms with Crippen LogP contribution >= 0.6 is 0 Å². The second-order valence-corrected chi connectivity index (χ2v) is 6.77. The van der Waals surface area contributed by atoms with Crippen LogP contribution in [0.4, 0.5) is 0 Å². The topological polar surface area (TPSA) is 17.1 Å². The third-order valence-corrected chi connectivity index (χ3v) is 4.82. The molecule has 2 heteroatoms. The van der Waals surface area contributed by atoms with Crippen LogP contribution < -0.4 is 4.46 Å². The molecule has 0 aromatic heterocycles. The summed E-state index contributed by atoms with van der Waals surface area (Å²) in [5.41, 5.74) is 0.817. The molecule has 0 heterocycles. The first kappa shape index (κ1) is 12.1. The average Bonchev–Trinajstić information content (AvgIpc) is 2.40. The number of carbonyl (C=O) groups excluding carboxylic acids is 1. The molecule has 1 nitrogen and oxygen atoms in total. The number of Topliss-reactive ketones (excluding diaryl/α,β-unsaturated/α-hetero) is 1. The van der Waals surface area contributed by atoms with Crippen LogP contribution in [0.15, 0.2) is 60.7 Å². The predicted molar refractivity (Wildman–Crippen MR) is 72.0 cm³/mol. The number of carbonyl (C=O) groups is 1. The van der Waals surface area contributed by atoms with Crippen LogP contribution in [-0.4, -0.2) is 20.7 Å². The van der Waals surface area contributed by atoms with Crippen molar-refractivity contribution in [3.05, 3.63) is 66.2 Å². The summed E-state index contributed by atoms with van der Waals surface area (Å²) in [6.07, 6.45) is 0. The summed E-state index contributed by atoms with van der Waals surface area (Å²) in [6, 6.07) is 19.8. The van der Waals surface area contributed by atoms with Gasteiger partial charge in [0, 0.05) is 0 Å². The summed E-state index contributed by atoms with van der Waals surface area (Å²) >= 11 is 0.203. The van der Waals surface area contributed by atoms with Crippen molar-refractivity contribution in [3.8, 4) is 0 Å². The van der Waals surface area contributed by atoms with Gasteiger partial charge in [0.15, 0.2) is 0 Å². The number of benzene rings is 2. The SMILES string of the molecule is CC([Se]c1ccccc1)C(=O)c1ccccc1. The van der Waals surface area contributed by atoms with Crippen molar-refractivity contribution < 1.29 is 4.79 Å². The molecule has 1 unspecified atom stereocenters. The second kappa shape index (κ2) is 5.81. The van der Waals surface area contributed by atoms with Crippen molar-refractivity contribution in [2.24, 2.45) is 0 Å². The molecular formula is C15H14OSe. The third kappa shape index (κ3) is 3.29. The Morgan fingerprint density at radius 2 is 1.47 bits per heavy atom. The first-order valence-corrected chi connectivity index (χ1v) is 7.43. The molecule has 86 valence electrons. The Labute approximate surface area is 108 Å². The van der Waals surface area contributed by atoms with Gasteiger partial charge in [-0.2, -0.15) is 0 Å². The van der Waals surface area contributed by atoms with E-state index in [1.54, 1.807) is 0 Å². The van der Waals surface area contributed by atoms with E-state index in [9.17, 15) is 4.79 Å². The molecule has 0 spiro atoms. The van der Waals surface area contributed by atoms with Crippen LogP contribution in [0.5, 0.6) is 0 Å². The number of hydrogen-bond acceptors (Lipinski definition) is 1. The molecular weight excluding hydrogens is 275 g/mol. The van der Waals surface area contributed by atoms with Crippen molar-refractivity contribution in [3.63, 3.8) is 0 Å². The Kier molecular flexibility index (Phi) is 4.13. The summed E-state index contributed by atoms with van der Waals surface area (Å²) in [5, 5.41) is 0. The Morgan fingerprint density at radius 1 is 0.941 bits per heavy atom. The minimum absolute atomic E-state index is 0.0901. The maximum atomic E-state index is 12.2. The predicted octanol–water partition coefficient (Wildman–Crippen LogP) is 2.71. The molecule has 0 aliphatic carbocycles. The number of rotatable bonds is 4. The fourth-order valence-electron chi connectivity index (χ4n) is 1.59. The quantitative estimate of drug-likeness (QED) is 0.625. The van der Waals surface area contributed by atoms with Gasteiger partial charge in [0.25, 0.3) is 0 Å². The van der Waals surface area contributed by atoms with Gasteiger partial charge in [-0.05, 0) is 0 Å². The van der Waals surface area contributed by atoms with Gasteiger partial charge in [0.2, 0.25) is 0 Å². The summed E-state index contributed by atoms with van der Waals surface area (Å²) in [7, 11) is 0.